The van der Waals surface area contributed by atoms with Gasteiger partial charge in [0.15, 0.2) is 0 Å². The van der Waals surface area contributed by atoms with Gasteiger partial charge in [-0.15, -0.1) is 0 Å². The lowest BCUT2D eigenvalue weighted by molar-refractivity contribution is -0.132. The van der Waals surface area contributed by atoms with Crippen LogP contribution in [0.15, 0.2) is 24.3 Å². The molecule has 1 aliphatic rings. The zero-order chi connectivity index (χ0) is 18.8. The summed E-state index contributed by atoms with van der Waals surface area (Å²) in [6, 6.07) is 8.25. The summed E-state index contributed by atoms with van der Waals surface area (Å²) in [5, 5.41) is 2.42. The topological polar surface area (TPSA) is 67.9 Å². The molecule has 1 aliphatic heterocycles. The molecular weight excluding hydrogens is 332 g/mol. The molecular formula is C20H30N2O4. The van der Waals surface area contributed by atoms with Gasteiger partial charge in [0.1, 0.15) is 5.75 Å². The summed E-state index contributed by atoms with van der Waals surface area (Å²) in [4.78, 5) is 24.1. The monoisotopic (exact) mass is 362 g/mol. The predicted molar refractivity (Wildman–Crippen MR) is 100 cm³/mol. The van der Waals surface area contributed by atoms with Crippen LogP contribution >= 0.6 is 0 Å². The highest BCUT2D eigenvalue weighted by Gasteiger charge is 2.33. The van der Waals surface area contributed by atoms with Crippen molar-refractivity contribution in [3.05, 3.63) is 29.8 Å². The van der Waals surface area contributed by atoms with Crippen molar-refractivity contribution in [1.29, 1.82) is 0 Å². The molecule has 1 heterocycles. The Balaban J connectivity index is 1.59. The minimum Gasteiger partial charge on any atom is -0.494 e. The van der Waals surface area contributed by atoms with Gasteiger partial charge < -0.3 is 19.7 Å². The third-order valence-corrected chi connectivity index (χ3v) is 4.79. The maximum Gasteiger partial charge on any atom is 0.242 e. The van der Waals surface area contributed by atoms with Crippen molar-refractivity contribution < 1.29 is 19.1 Å². The molecule has 1 aromatic carbocycles. The highest BCUT2D eigenvalue weighted by atomic mass is 16.5. The van der Waals surface area contributed by atoms with Crippen LogP contribution in [-0.4, -0.2) is 55.7 Å². The van der Waals surface area contributed by atoms with Gasteiger partial charge in [0.05, 0.1) is 25.3 Å². The number of likely N-dealkylation sites (tertiary alicyclic amines) is 1. The van der Waals surface area contributed by atoms with E-state index < -0.39 is 0 Å². The minimum atomic E-state index is -0.0570. The van der Waals surface area contributed by atoms with E-state index >= 15 is 0 Å². The lowest BCUT2D eigenvalue weighted by atomic mass is 10.2. The summed E-state index contributed by atoms with van der Waals surface area (Å²) in [7, 11) is 0. The van der Waals surface area contributed by atoms with Gasteiger partial charge in [0.25, 0.3) is 0 Å². The van der Waals surface area contributed by atoms with Gasteiger partial charge in [-0.3, -0.25) is 9.59 Å². The van der Waals surface area contributed by atoms with Gasteiger partial charge in [-0.2, -0.15) is 0 Å². The molecule has 6 nitrogen and oxygen atoms in total. The van der Waals surface area contributed by atoms with E-state index in [9.17, 15) is 9.59 Å². The van der Waals surface area contributed by atoms with Gasteiger partial charge in [-0.1, -0.05) is 19.1 Å². The largest absolute Gasteiger partial charge is 0.494 e. The Morgan fingerprint density at radius 3 is 2.92 bits per heavy atom. The number of benzene rings is 1. The Morgan fingerprint density at radius 1 is 1.35 bits per heavy atom. The highest BCUT2D eigenvalue weighted by Crippen LogP contribution is 2.21. The molecule has 0 spiro atoms. The number of rotatable bonds is 11. The second-order valence-corrected chi connectivity index (χ2v) is 6.58. The molecule has 1 fully saturated rings. The Kier molecular flexibility index (Phi) is 8.41. The first-order valence-electron chi connectivity index (χ1n) is 9.45. The van der Waals surface area contributed by atoms with E-state index in [4.69, 9.17) is 9.47 Å². The molecule has 0 aliphatic carbocycles. The van der Waals surface area contributed by atoms with Gasteiger partial charge in [-0.05, 0) is 50.3 Å². The summed E-state index contributed by atoms with van der Waals surface area (Å²) in [6.45, 7) is 6.22. The first kappa shape index (κ1) is 20.2. The van der Waals surface area contributed by atoms with Crippen LogP contribution in [0.5, 0.6) is 5.75 Å². The van der Waals surface area contributed by atoms with Crippen molar-refractivity contribution in [2.45, 2.75) is 51.7 Å². The molecule has 1 saturated heterocycles. The smallest absolute Gasteiger partial charge is 0.242 e. The zero-order valence-corrected chi connectivity index (χ0v) is 15.8. The van der Waals surface area contributed by atoms with Crippen LogP contribution in [-0.2, 0) is 20.7 Å². The maximum atomic E-state index is 12.0. The molecule has 1 N–H and O–H groups in total. The van der Waals surface area contributed by atoms with Crippen LogP contribution in [0.3, 0.4) is 0 Å². The second-order valence-electron chi connectivity index (χ2n) is 6.58. The molecule has 144 valence electrons. The summed E-state index contributed by atoms with van der Waals surface area (Å²) >= 11 is 0. The molecule has 2 amide bonds. The first-order valence-corrected chi connectivity index (χ1v) is 9.45. The SMILES string of the molecule is CCc1cccc(OCCCCO[C@H]2CCN(C(=O)CNC=O)C2C)c1. The maximum absolute atomic E-state index is 12.0. The fourth-order valence-electron chi connectivity index (χ4n) is 3.20. The second kappa shape index (κ2) is 10.8. The molecule has 0 radical (unpaired) electrons. The van der Waals surface area contributed by atoms with E-state index in [0.717, 1.165) is 31.4 Å². The quantitative estimate of drug-likeness (QED) is 0.484. The minimum absolute atomic E-state index is 0.0454. The Bertz CT molecular complexity index is 579. The number of hydrogen-bond acceptors (Lipinski definition) is 4. The molecule has 6 heteroatoms. The van der Waals surface area contributed by atoms with Crippen molar-refractivity contribution in [2.24, 2.45) is 0 Å². The van der Waals surface area contributed by atoms with Gasteiger partial charge >= 0.3 is 0 Å². The van der Waals surface area contributed by atoms with E-state index in [1.807, 2.05) is 19.1 Å². The van der Waals surface area contributed by atoms with Crippen LogP contribution in [0.1, 0.15) is 38.7 Å². The van der Waals surface area contributed by atoms with Crippen LogP contribution in [0.25, 0.3) is 0 Å². The van der Waals surface area contributed by atoms with Gasteiger partial charge in [0.2, 0.25) is 12.3 Å². The summed E-state index contributed by atoms with van der Waals surface area (Å²) < 4.78 is 11.7. The van der Waals surface area contributed by atoms with Crippen LogP contribution in [0.4, 0.5) is 0 Å². The number of amides is 2. The van der Waals surface area contributed by atoms with E-state index in [0.29, 0.717) is 26.2 Å². The number of nitrogens with one attached hydrogen (secondary N) is 1. The van der Waals surface area contributed by atoms with Crippen molar-refractivity contribution >= 4 is 12.3 Å². The number of aryl methyl sites for hydroxylation is 1. The lowest BCUT2D eigenvalue weighted by Gasteiger charge is -2.24. The predicted octanol–water partition coefficient (Wildman–Crippen LogP) is 2.16. The van der Waals surface area contributed by atoms with Crippen LogP contribution in [0.2, 0.25) is 0 Å². The molecule has 2 rings (SSSR count). The van der Waals surface area contributed by atoms with Crippen molar-refractivity contribution in [1.82, 2.24) is 10.2 Å². The number of ether oxygens (including phenoxy) is 2. The molecule has 1 unspecified atom stereocenters. The van der Waals surface area contributed by atoms with Crippen molar-refractivity contribution in [3.63, 3.8) is 0 Å². The Morgan fingerprint density at radius 2 is 2.15 bits per heavy atom. The van der Waals surface area contributed by atoms with Gasteiger partial charge in [0, 0.05) is 13.2 Å². The average Bonchev–Trinajstić information content (AvgIpc) is 3.03. The molecule has 1 aromatic rings. The van der Waals surface area contributed by atoms with Crippen molar-refractivity contribution in [2.75, 3.05) is 26.3 Å². The fourth-order valence-corrected chi connectivity index (χ4v) is 3.20. The summed E-state index contributed by atoms with van der Waals surface area (Å²) in [5.74, 6) is 0.867. The van der Waals surface area contributed by atoms with E-state index in [-0.39, 0.29) is 24.6 Å². The van der Waals surface area contributed by atoms with Crippen LogP contribution in [0, 0.1) is 0 Å². The zero-order valence-electron chi connectivity index (χ0n) is 15.8. The van der Waals surface area contributed by atoms with Crippen LogP contribution < -0.4 is 10.1 Å². The molecule has 26 heavy (non-hydrogen) atoms. The molecule has 2 atom stereocenters. The molecule has 0 aromatic heterocycles. The molecule has 0 bridgehead atoms. The molecule has 0 saturated carbocycles. The lowest BCUT2D eigenvalue weighted by Crippen LogP contribution is -2.42. The van der Waals surface area contributed by atoms with E-state index in [1.54, 1.807) is 4.90 Å². The third-order valence-electron chi connectivity index (χ3n) is 4.79. The summed E-state index contributed by atoms with van der Waals surface area (Å²) in [5.41, 5.74) is 1.28. The fraction of sp³-hybridized carbons (Fsp3) is 0.600. The number of nitrogens with zero attached hydrogens (tertiary/aromatic N) is 1. The standard InChI is InChI=1S/C20H30N2O4/c1-3-17-7-6-8-18(13-17)25-11-4-5-12-26-19-9-10-22(16(19)2)20(24)14-21-15-23/h6-8,13,15-16,19H,3-5,9-12,14H2,1-2H3,(H,21,23)/t16?,19-/m0/s1. The number of carbonyl (C=O) groups excluding carboxylic acids is 2. The van der Waals surface area contributed by atoms with E-state index in [1.165, 1.54) is 5.56 Å². The number of carbonyl (C=O) groups is 2. The van der Waals surface area contributed by atoms with E-state index in [2.05, 4.69) is 24.4 Å². The Hall–Kier alpha value is -2.08. The van der Waals surface area contributed by atoms with Crippen molar-refractivity contribution in [3.8, 4) is 5.75 Å². The number of unbranched alkanes of at least 4 members (excludes halogenated alkanes) is 1. The highest BCUT2D eigenvalue weighted by molar-refractivity contribution is 5.80. The number of hydrogen-bond donors (Lipinski definition) is 1. The van der Waals surface area contributed by atoms with Gasteiger partial charge in [-0.25, -0.2) is 0 Å². The Labute approximate surface area is 155 Å². The summed E-state index contributed by atoms with van der Waals surface area (Å²) in [6.07, 6.45) is 4.33. The normalized spacial score (nSPS) is 19.4. The first-order chi connectivity index (χ1) is 12.7. The third kappa shape index (κ3) is 6.02. The average molecular weight is 362 g/mol.